The van der Waals surface area contributed by atoms with Crippen molar-refractivity contribution in [2.75, 3.05) is 11.5 Å². The predicted molar refractivity (Wildman–Crippen MR) is 58.8 cm³/mol. The molecule has 0 aromatic heterocycles. The van der Waals surface area contributed by atoms with Gasteiger partial charge in [-0.15, -0.1) is 0 Å². The Morgan fingerprint density at radius 2 is 2.00 bits per heavy atom. The largest absolute Gasteiger partial charge is 0.231 e. The fraction of sp³-hybridized carbons (Fsp3) is 0.400. The molecule has 1 aromatic carbocycles. The zero-order chi connectivity index (χ0) is 9.05. The Kier molecular flexibility index (Phi) is 1.60. The minimum Gasteiger partial charge on any atom is -0.231 e. The molecule has 13 heavy (non-hydrogen) atoms. The van der Waals surface area contributed by atoms with Gasteiger partial charge < -0.3 is 0 Å². The summed E-state index contributed by atoms with van der Waals surface area (Å²) in [6.07, 6.45) is 0. The number of hydrogen-bond donors (Lipinski definition) is 0. The standard InChI is InChI=1S/C10H10BrFS/c11-9-2-1-7-5-13(3-4-13)6-8(7)10(9)12/h1-2H,3-6H2. The lowest BCUT2D eigenvalue weighted by atomic mass is 10.1. The van der Waals surface area contributed by atoms with E-state index in [1.54, 1.807) is 0 Å². The Balaban J connectivity index is 2.13. The molecule has 70 valence electrons. The summed E-state index contributed by atoms with van der Waals surface area (Å²) in [6, 6.07) is 3.93. The van der Waals surface area contributed by atoms with Gasteiger partial charge in [-0.2, -0.15) is 0 Å². The first-order chi connectivity index (χ1) is 6.20. The fourth-order valence-electron chi connectivity index (χ4n) is 2.02. The van der Waals surface area contributed by atoms with E-state index >= 15 is 0 Å². The maximum atomic E-state index is 13.6. The van der Waals surface area contributed by atoms with Crippen LogP contribution in [0.15, 0.2) is 16.6 Å². The third-order valence-electron chi connectivity index (χ3n) is 2.99. The summed E-state index contributed by atoms with van der Waals surface area (Å²) in [6.45, 7) is 0. The van der Waals surface area contributed by atoms with Crippen molar-refractivity contribution in [3.05, 3.63) is 33.5 Å². The lowest BCUT2D eigenvalue weighted by Gasteiger charge is -2.08. The number of rotatable bonds is 0. The van der Waals surface area contributed by atoms with Gasteiger partial charge in [-0.1, -0.05) is 6.07 Å². The molecular weight excluding hydrogens is 251 g/mol. The van der Waals surface area contributed by atoms with Crippen LogP contribution >= 0.6 is 26.0 Å². The Morgan fingerprint density at radius 1 is 1.23 bits per heavy atom. The Labute approximate surface area is 87.0 Å². The van der Waals surface area contributed by atoms with Crippen LogP contribution in [0.1, 0.15) is 11.1 Å². The molecular formula is C10H10BrFS. The average molecular weight is 261 g/mol. The molecule has 3 rings (SSSR count). The Hall–Kier alpha value is -0.0200. The van der Waals surface area contributed by atoms with E-state index in [1.165, 1.54) is 22.8 Å². The third kappa shape index (κ3) is 1.17. The molecule has 0 N–H and O–H groups in total. The molecule has 0 bridgehead atoms. The second-order valence-corrected chi connectivity index (χ2v) is 8.62. The highest BCUT2D eigenvalue weighted by molar-refractivity contribution is 9.10. The van der Waals surface area contributed by atoms with E-state index in [2.05, 4.69) is 22.0 Å². The van der Waals surface area contributed by atoms with Crippen molar-refractivity contribution >= 4 is 26.0 Å². The van der Waals surface area contributed by atoms with Crippen LogP contribution in [0.4, 0.5) is 4.39 Å². The molecule has 2 aliphatic heterocycles. The van der Waals surface area contributed by atoms with Gasteiger partial charge in [0.2, 0.25) is 0 Å². The second kappa shape index (κ2) is 2.51. The molecule has 0 nitrogen and oxygen atoms in total. The van der Waals surface area contributed by atoms with Crippen molar-refractivity contribution in [2.45, 2.75) is 11.5 Å². The maximum Gasteiger partial charge on any atom is 0.141 e. The summed E-state index contributed by atoms with van der Waals surface area (Å²) >= 11 is 3.24. The second-order valence-electron chi connectivity index (χ2n) is 3.92. The highest BCUT2D eigenvalue weighted by Gasteiger charge is 2.43. The van der Waals surface area contributed by atoms with E-state index < -0.39 is 0 Å². The topological polar surface area (TPSA) is 0 Å². The molecule has 1 spiro atoms. The van der Waals surface area contributed by atoms with Crippen LogP contribution in [0.2, 0.25) is 0 Å². The SMILES string of the molecule is Fc1c(Br)ccc2c1CS1(CC1)C2. The van der Waals surface area contributed by atoms with Gasteiger partial charge in [0.15, 0.2) is 0 Å². The molecule has 0 saturated carbocycles. The number of halogens is 2. The maximum absolute atomic E-state index is 13.6. The van der Waals surface area contributed by atoms with Gasteiger partial charge in [0, 0.05) is 17.1 Å². The predicted octanol–water partition coefficient (Wildman–Crippen LogP) is 3.42. The van der Waals surface area contributed by atoms with Crippen molar-refractivity contribution in [3.63, 3.8) is 0 Å². The Morgan fingerprint density at radius 3 is 2.69 bits per heavy atom. The van der Waals surface area contributed by atoms with Crippen molar-refractivity contribution in [2.24, 2.45) is 0 Å². The molecule has 2 heterocycles. The molecule has 3 heteroatoms. The lowest BCUT2D eigenvalue weighted by Crippen LogP contribution is -1.88. The van der Waals surface area contributed by atoms with Gasteiger partial charge in [-0.25, -0.2) is 14.4 Å². The summed E-state index contributed by atoms with van der Waals surface area (Å²) in [5, 5.41) is 0. The molecule has 2 aliphatic rings. The quantitative estimate of drug-likeness (QED) is 0.628. The van der Waals surface area contributed by atoms with Gasteiger partial charge in [0.1, 0.15) is 5.82 Å². The van der Waals surface area contributed by atoms with Gasteiger partial charge in [-0.3, -0.25) is 0 Å². The summed E-state index contributed by atoms with van der Waals surface area (Å²) in [7, 11) is -0.356. The molecule has 0 radical (unpaired) electrons. The normalized spacial score (nSPS) is 24.5. The van der Waals surface area contributed by atoms with Crippen LogP contribution in [-0.4, -0.2) is 11.5 Å². The molecule has 1 saturated heterocycles. The first kappa shape index (κ1) is 8.30. The minimum absolute atomic E-state index is 0.00576. The first-order valence-corrected chi connectivity index (χ1v) is 7.50. The zero-order valence-corrected chi connectivity index (χ0v) is 9.55. The Bertz CT molecular complexity index is 385. The van der Waals surface area contributed by atoms with E-state index in [4.69, 9.17) is 0 Å². The smallest absolute Gasteiger partial charge is 0.141 e. The molecule has 0 amide bonds. The van der Waals surface area contributed by atoms with Crippen molar-refractivity contribution in [1.29, 1.82) is 0 Å². The lowest BCUT2D eigenvalue weighted by molar-refractivity contribution is 0.610. The third-order valence-corrected chi connectivity index (χ3v) is 6.99. The molecule has 1 aromatic rings. The summed E-state index contributed by atoms with van der Waals surface area (Å²) in [5.74, 6) is 4.98. The first-order valence-electron chi connectivity index (χ1n) is 4.40. The summed E-state index contributed by atoms with van der Waals surface area (Å²) < 4.78 is 14.3. The molecule has 0 unspecified atom stereocenters. The summed E-state index contributed by atoms with van der Waals surface area (Å²) in [4.78, 5) is 0. The van der Waals surface area contributed by atoms with Crippen molar-refractivity contribution in [3.8, 4) is 0 Å². The highest BCUT2D eigenvalue weighted by atomic mass is 79.9. The van der Waals surface area contributed by atoms with E-state index in [0.717, 1.165) is 11.3 Å². The van der Waals surface area contributed by atoms with Crippen LogP contribution in [0.5, 0.6) is 0 Å². The van der Waals surface area contributed by atoms with E-state index in [0.29, 0.717) is 4.47 Å². The van der Waals surface area contributed by atoms with E-state index in [1.807, 2.05) is 6.07 Å². The van der Waals surface area contributed by atoms with Crippen molar-refractivity contribution < 1.29 is 4.39 Å². The number of benzene rings is 1. The van der Waals surface area contributed by atoms with Crippen LogP contribution in [-0.2, 0) is 11.5 Å². The van der Waals surface area contributed by atoms with Gasteiger partial charge in [-0.05, 0) is 39.1 Å². The van der Waals surface area contributed by atoms with Gasteiger partial charge >= 0.3 is 0 Å². The van der Waals surface area contributed by atoms with Gasteiger partial charge in [0.05, 0.1) is 4.47 Å². The molecule has 1 fully saturated rings. The zero-order valence-electron chi connectivity index (χ0n) is 7.15. The van der Waals surface area contributed by atoms with E-state index in [-0.39, 0.29) is 15.8 Å². The van der Waals surface area contributed by atoms with E-state index in [9.17, 15) is 4.39 Å². The molecule has 0 aliphatic carbocycles. The monoisotopic (exact) mass is 260 g/mol. The number of hydrogen-bond acceptors (Lipinski definition) is 0. The number of fused-ring (bicyclic) bond motifs is 1. The van der Waals surface area contributed by atoms with Crippen molar-refractivity contribution in [1.82, 2.24) is 0 Å². The minimum atomic E-state index is -0.356. The van der Waals surface area contributed by atoms with Crippen LogP contribution in [0.3, 0.4) is 0 Å². The fourth-order valence-corrected chi connectivity index (χ4v) is 5.87. The van der Waals surface area contributed by atoms with Crippen LogP contribution in [0, 0.1) is 5.82 Å². The van der Waals surface area contributed by atoms with Crippen LogP contribution in [0.25, 0.3) is 0 Å². The summed E-state index contributed by atoms with van der Waals surface area (Å²) in [5.41, 5.74) is 2.27. The molecule has 0 atom stereocenters. The average Bonchev–Trinajstić information content (AvgIpc) is 2.72. The van der Waals surface area contributed by atoms with Gasteiger partial charge in [0.25, 0.3) is 0 Å². The highest BCUT2D eigenvalue weighted by Crippen LogP contribution is 2.70. The van der Waals surface area contributed by atoms with Crippen LogP contribution < -0.4 is 0 Å².